The van der Waals surface area contributed by atoms with E-state index in [-0.39, 0.29) is 12.2 Å². The fourth-order valence-corrected chi connectivity index (χ4v) is 5.08. The molecule has 7 nitrogen and oxygen atoms in total. The van der Waals surface area contributed by atoms with Crippen LogP contribution in [-0.4, -0.2) is 43.1 Å². The first-order valence-corrected chi connectivity index (χ1v) is 13.9. The molecule has 2 heterocycles. The van der Waals surface area contributed by atoms with Gasteiger partial charge in [0.1, 0.15) is 24.2 Å². The van der Waals surface area contributed by atoms with Gasteiger partial charge in [0.2, 0.25) is 5.79 Å². The predicted octanol–water partition coefficient (Wildman–Crippen LogP) is 6.27. The number of hydrogen-bond acceptors (Lipinski definition) is 6. The Hall–Kier alpha value is -2.82. The van der Waals surface area contributed by atoms with Gasteiger partial charge in [-0.3, -0.25) is 0 Å². The highest BCUT2D eigenvalue weighted by Crippen LogP contribution is 2.35. The SMILES string of the molecule is CC1(C)OCc2cc(C3CN(CCc4ccc(OCCOCc5cccc(I)c5)cc4)C(=O)O3)ccc2O1. The van der Waals surface area contributed by atoms with Crippen LogP contribution in [0.5, 0.6) is 11.5 Å². The molecule has 8 heteroatoms. The standard InChI is InChI=1S/C30H32INO6/c1-30(2)36-20-24-17-23(8-11-27(24)38-30)28-18-32(29(33)37-28)13-12-21-6-9-26(10-7-21)35-15-14-34-19-22-4-3-5-25(31)16-22/h3-11,16-17,28H,12-15,18-20H2,1-2H3. The van der Waals surface area contributed by atoms with E-state index in [4.69, 9.17) is 23.7 Å². The molecule has 3 aromatic rings. The van der Waals surface area contributed by atoms with Crippen molar-refractivity contribution in [2.45, 2.75) is 45.4 Å². The first kappa shape index (κ1) is 26.8. The van der Waals surface area contributed by atoms with Gasteiger partial charge in [-0.2, -0.15) is 0 Å². The van der Waals surface area contributed by atoms with Gasteiger partial charge in [-0.15, -0.1) is 0 Å². The highest BCUT2D eigenvalue weighted by molar-refractivity contribution is 14.1. The zero-order valence-electron chi connectivity index (χ0n) is 21.7. The maximum atomic E-state index is 12.5. The number of cyclic esters (lactones) is 1. The molecular weight excluding hydrogens is 597 g/mol. The summed E-state index contributed by atoms with van der Waals surface area (Å²) in [7, 11) is 0. The van der Waals surface area contributed by atoms with Crippen LogP contribution >= 0.6 is 22.6 Å². The second-order valence-corrected chi connectivity index (χ2v) is 11.1. The second kappa shape index (κ2) is 11.9. The minimum atomic E-state index is -0.633. The van der Waals surface area contributed by atoms with Gasteiger partial charge < -0.3 is 28.6 Å². The molecule has 1 amide bonds. The first-order chi connectivity index (χ1) is 18.3. The third kappa shape index (κ3) is 6.98. The molecule has 1 saturated heterocycles. The van der Waals surface area contributed by atoms with Crippen LogP contribution in [0.15, 0.2) is 66.7 Å². The number of ether oxygens (including phenoxy) is 5. The molecule has 0 bridgehead atoms. The number of carbonyl (C=O) groups is 1. The van der Waals surface area contributed by atoms with Crippen LogP contribution in [0.3, 0.4) is 0 Å². The normalized spacial score (nSPS) is 18.0. The predicted molar refractivity (Wildman–Crippen MR) is 151 cm³/mol. The Bertz CT molecular complexity index is 1260. The van der Waals surface area contributed by atoms with Crippen molar-refractivity contribution in [1.29, 1.82) is 0 Å². The Balaban J connectivity index is 1.05. The van der Waals surface area contributed by atoms with Crippen LogP contribution in [-0.2, 0) is 33.8 Å². The second-order valence-electron chi connectivity index (χ2n) is 9.90. The monoisotopic (exact) mass is 629 g/mol. The third-order valence-corrected chi connectivity index (χ3v) is 7.19. The van der Waals surface area contributed by atoms with Crippen molar-refractivity contribution in [3.63, 3.8) is 0 Å². The van der Waals surface area contributed by atoms with Crippen LogP contribution in [0, 0.1) is 3.57 Å². The van der Waals surface area contributed by atoms with Crippen molar-refractivity contribution in [2.24, 2.45) is 0 Å². The quantitative estimate of drug-likeness (QED) is 0.195. The molecule has 5 rings (SSSR count). The highest BCUT2D eigenvalue weighted by atomic mass is 127. The van der Waals surface area contributed by atoms with E-state index in [0.717, 1.165) is 40.2 Å². The molecule has 2 aliphatic heterocycles. The highest BCUT2D eigenvalue weighted by Gasteiger charge is 2.33. The van der Waals surface area contributed by atoms with Crippen LogP contribution in [0.25, 0.3) is 0 Å². The summed E-state index contributed by atoms with van der Waals surface area (Å²) in [5.74, 6) is 0.982. The molecule has 1 atom stereocenters. The summed E-state index contributed by atoms with van der Waals surface area (Å²) < 4.78 is 30.0. The molecule has 200 valence electrons. The summed E-state index contributed by atoms with van der Waals surface area (Å²) >= 11 is 2.30. The fraction of sp³-hybridized carbons (Fsp3) is 0.367. The van der Waals surface area contributed by atoms with E-state index in [9.17, 15) is 4.79 Å². The Morgan fingerprint density at radius 2 is 1.87 bits per heavy atom. The summed E-state index contributed by atoms with van der Waals surface area (Å²) in [6.45, 7) is 6.96. The number of hydrogen-bond donors (Lipinski definition) is 0. The van der Waals surface area contributed by atoms with E-state index in [0.29, 0.717) is 39.5 Å². The molecule has 1 fully saturated rings. The summed E-state index contributed by atoms with van der Waals surface area (Å²) in [4.78, 5) is 14.3. The number of halogens is 1. The Labute approximate surface area is 237 Å². The number of carbonyl (C=O) groups excluding carboxylic acids is 1. The molecule has 0 N–H and O–H groups in total. The summed E-state index contributed by atoms with van der Waals surface area (Å²) in [5, 5.41) is 0. The van der Waals surface area contributed by atoms with Gasteiger partial charge in [-0.05, 0) is 82.1 Å². The van der Waals surface area contributed by atoms with Gasteiger partial charge in [-0.25, -0.2) is 4.79 Å². The molecule has 0 saturated carbocycles. The molecule has 38 heavy (non-hydrogen) atoms. The Kier molecular flexibility index (Phi) is 8.40. The minimum absolute atomic E-state index is 0.286. The molecule has 0 aromatic heterocycles. The van der Waals surface area contributed by atoms with Crippen molar-refractivity contribution in [3.05, 3.63) is 92.6 Å². The number of rotatable bonds is 10. The number of nitrogens with zero attached hydrogens (tertiary/aromatic N) is 1. The summed E-state index contributed by atoms with van der Waals surface area (Å²) in [6.07, 6.45) is 0.153. The lowest BCUT2D eigenvalue weighted by atomic mass is 10.0. The number of amides is 1. The topological polar surface area (TPSA) is 66.5 Å². The largest absolute Gasteiger partial charge is 0.491 e. The van der Waals surface area contributed by atoms with Crippen molar-refractivity contribution in [1.82, 2.24) is 4.90 Å². The zero-order chi connectivity index (χ0) is 26.5. The van der Waals surface area contributed by atoms with E-state index in [1.165, 1.54) is 3.57 Å². The van der Waals surface area contributed by atoms with Gasteiger partial charge in [0.15, 0.2) is 0 Å². The molecule has 0 aliphatic carbocycles. The Morgan fingerprint density at radius 1 is 1.03 bits per heavy atom. The van der Waals surface area contributed by atoms with Gasteiger partial charge in [0.05, 0.1) is 26.4 Å². The maximum absolute atomic E-state index is 12.5. The third-order valence-electron chi connectivity index (χ3n) is 6.52. The van der Waals surface area contributed by atoms with Crippen molar-refractivity contribution < 1.29 is 28.5 Å². The van der Waals surface area contributed by atoms with E-state index < -0.39 is 5.79 Å². The summed E-state index contributed by atoms with van der Waals surface area (Å²) in [5.41, 5.74) is 4.21. The van der Waals surface area contributed by atoms with Crippen molar-refractivity contribution in [3.8, 4) is 11.5 Å². The lowest BCUT2D eigenvalue weighted by molar-refractivity contribution is -0.180. The number of benzene rings is 3. The molecule has 0 radical (unpaired) electrons. The van der Waals surface area contributed by atoms with Crippen LogP contribution in [0.4, 0.5) is 4.79 Å². The number of fused-ring (bicyclic) bond motifs is 1. The fourth-order valence-electron chi connectivity index (χ4n) is 4.47. The van der Waals surface area contributed by atoms with E-state index in [1.807, 2.05) is 62.4 Å². The molecule has 1 unspecified atom stereocenters. The van der Waals surface area contributed by atoms with E-state index in [1.54, 1.807) is 4.90 Å². The van der Waals surface area contributed by atoms with Gasteiger partial charge in [-0.1, -0.05) is 30.3 Å². The first-order valence-electron chi connectivity index (χ1n) is 12.8. The van der Waals surface area contributed by atoms with Crippen LogP contribution in [0.1, 0.15) is 42.2 Å². The molecular formula is C30H32INO6. The molecule has 2 aliphatic rings. The Morgan fingerprint density at radius 3 is 2.68 bits per heavy atom. The van der Waals surface area contributed by atoms with Crippen molar-refractivity contribution in [2.75, 3.05) is 26.3 Å². The smallest absolute Gasteiger partial charge is 0.410 e. The van der Waals surface area contributed by atoms with Crippen LogP contribution < -0.4 is 9.47 Å². The summed E-state index contributed by atoms with van der Waals surface area (Å²) in [6, 6.07) is 22.2. The lowest BCUT2D eigenvalue weighted by Gasteiger charge is -2.32. The zero-order valence-corrected chi connectivity index (χ0v) is 23.8. The minimum Gasteiger partial charge on any atom is -0.491 e. The van der Waals surface area contributed by atoms with Crippen molar-refractivity contribution >= 4 is 28.7 Å². The molecule has 0 spiro atoms. The van der Waals surface area contributed by atoms with E-state index >= 15 is 0 Å². The lowest BCUT2D eigenvalue weighted by Crippen LogP contribution is -2.35. The van der Waals surface area contributed by atoms with Gasteiger partial charge in [0, 0.05) is 29.5 Å². The average molecular weight is 629 g/mol. The van der Waals surface area contributed by atoms with E-state index in [2.05, 4.69) is 40.8 Å². The average Bonchev–Trinajstić information content (AvgIpc) is 3.27. The van der Waals surface area contributed by atoms with Gasteiger partial charge in [0.25, 0.3) is 0 Å². The van der Waals surface area contributed by atoms with Gasteiger partial charge >= 0.3 is 6.09 Å². The maximum Gasteiger partial charge on any atom is 0.410 e. The van der Waals surface area contributed by atoms with Crippen LogP contribution in [0.2, 0.25) is 0 Å². The molecule has 3 aromatic carbocycles.